The van der Waals surface area contributed by atoms with E-state index in [4.69, 9.17) is 0 Å². The molecule has 1 aliphatic carbocycles. The molecule has 1 fully saturated rings. The molecule has 0 N–H and O–H groups in total. The second-order valence-corrected chi connectivity index (χ2v) is 15.5. The lowest BCUT2D eigenvalue weighted by Gasteiger charge is -2.53. The molecule has 9 rings (SSSR count). The van der Waals surface area contributed by atoms with Gasteiger partial charge in [-0.25, -0.2) is 0 Å². The fourth-order valence-electron chi connectivity index (χ4n) is 10.5. The lowest BCUT2D eigenvalue weighted by atomic mass is 9.49. The van der Waals surface area contributed by atoms with Gasteiger partial charge in [0.1, 0.15) is 0 Å². The normalized spacial score (nSPS) is 23.7. The van der Waals surface area contributed by atoms with Gasteiger partial charge in [0.2, 0.25) is 0 Å². The van der Waals surface area contributed by atoms with Gasteiger partial charge >= 0.3 is 0 Å². The largest absolute Gasteiger partial charge is 0.0622 e. The zero-order chi connectivity index (χ0) is 37.5. The first-order valence-corrected chi connectivity index (χ1v) is 20.3. The molecule has 56 heavy (non-hydrogen) atoms. The maximum Gasteiger partial charge on any atom is -0.00120 e. The van der Waals surface area contributed by atoms with Gasteiger partial charge in [-0.15, -0.1) is 0 Å². The molecule has 0 bridgehead atoms. The molecule has 0 heterocycles. The van der Waals surface area contributed by atoms with Crippen molar-refractivity contribution >= 4 is 0 Å². The SMILES string of the molecule is c1ccc(C2C(c3ccccc3)C(c3ccccc3)C(c3ccccc3)C(c3ccccc3)C(c3ccccc3)C(c3ccccc3)C2c2ccccc2)cc1. The van der Waals surface area contributed by atoms with E-state index in [1.54, 1.807) is 0 Å². The van der Waals surface area contributed by atoms with E-state index in [1.165, 1.54) is 44.5 Å². The number of rotatable bonds is 8. The summed E-state index contributed by atoms with van der Waals surface area (Å²) in [5.41, 5.74) is 11.1. The van der Waals surface area contributed by atoms with Crippen molar-refractivity contribution < 1.29 is 0 Å². The molecule has 1 saturated carbocycles. The van der Waals surface area contributed by atoms with Crippen LogP contribution in [0.5, 0.6) is 0 Å². The molecule has 0 aromatic heterocycles. The summed E-state index contributed by atoms with van der Waals surface area (Å²) in [7, 11) is 0. The fourth-order valence-corrected chi connectivity index (χ4v) is 10.5. The standard InChI is InChI=1S/C56H48/c1-9-25-41(26-10-1)49-50(42-27-11-2-12-28-42)52(44-31-15-4-16-32-44)54(46-35-19-6-20-36-46)56(48-39-23-8-24-40-48)55(47-37-21-7-22-38-47)53(45-33-17-5-18-34-45)51(49)43-29-13-3-14-30-43/h1-40,49-56H. The minimum atomic E-state index is 0.116. The van der Waals surface area contributed by atoms with Crippen LogP contribution in [0.15, 0.2) is 243 Å². The molecule has 272 valence electrons. The molecular formula is C56H48. The summed E-state index contributed by atoms with van der Waals surface area (Å²) in [5.74, 6) is 0.930. The van der Waals surface area contributed by atoms with E-state index < -0.39 is 0 Å². The number of hydrogen-bond acceptors (Lipinski definition) is 0. The first-order valence-electron chi connectivity index (χ1n) is 20.3. The highest BCUT2D eigenvalue weighted by Gasteiger charge is 2.53. The Morgan fingerprint density at radius 1 is 0.125 bits per heavy atom. The van der Waals surface area contributed by atoms with Gasteiger partial charge in [-0.3, -0.25) is 0 Å². The number of hydrogen-bond donors (Lipinski definition) is 0. The summed E-state index contributed by atoms with van der Waals surface area (Å²) in [5, 5.41) is 0. The summed E-state index contributed by atoms with van der Waals surface area (Å²) >= 11 is 0. The van der Waals surface area contributed by atoms with E-state index in [1.807, 2.05) is 0 Å². The van der Waals surface area contributed by atoms with Crippen molar-refractivity contribution in [3.8, 4) is 0 Å². The van der Waals surface area contributed by atoms with E-state index >= 15 is 0 Å². The zero-order valence-corrected chi connectivity index (χ0v) is 31.7. The lowest BCUT2D eigenvalue weighted by Crippen LogP contribution is -2.40. The van der Waals surface area contributed by atoms with Crippen molar-refractivity contribution in [2.75, 3.05) is 0 Å². The van der Waals surface area contributed by atoms with Crippen LogP contribution in [-0.4, -0.2) is 0 Å². The Labute approximate surface area is 333 Å². The second-order valence-electron chi connectivity index (χ2n) is 15.5. The van der Waals surface area contributed by atoms with Crippen molar-refractivity contribution in [2.24, 2.45) is 0 Å². The minimum Gasteiger partial charge on any atom is -0.0622 e. The van der Waals surface area contributed by atoms with Gasteiger partial charge in [-0.2, -0.15) is 0 Å². The Morgan fingerprint density at radius 3 is 0.304 bits per heavy atom. The van der Waals surface area contributed by atoms with Crippen molar-refractivity contribution in [3.63, 3.8) is 0 Å². The lowest BCUT2D eigenvalue weighted by molar-refractivity contribution is 0.229. The van der Waals surface area contributed by atoms with E-state index in [0.29, 0.717) is 0 Å². The van der Waals surface area contributed by atoms with Crippen LogP contribution in [0.4, 0.5) is 0 Å². The summed E-state index contributed by atoms with van der Waals surface area (Å²) in [6, 6.07) is 92.0. The van der Waals surface area contributed by atoms with Crippen molar-refractivity contribution in [2.45, 2.75) is 47.3 Å². The van der Waals surface area contributed by atoms with Gasteiger partial charge in [0.05, 0.1) is 0 Å². The maximum absolute atomic E-state index is 2.41. The molecule has 0 saturated heterocycles. The highest BCUT2D eigenvalue weighted by Crippen LogP contribution is 2.67. The Hall–Kier alpha value is -6.24. The molecule has 0 heteroatoms. The molecule has 0 aliphatic heterocycles. The molecule has 0 atom stereocenters. The molecule has 0 spiro atoms. The average Bonchev–Trinajstić information content (AvgIpc) is 3.29. The predicted octanol–water partition coefficient (Wildman–Crippen LogP) is 14.3. The molecule has 0 amide bonds. The van der Waals surface area contributed by atoms with Crippen molar-refractivity contribution in [1.29, 1.82) is 0 Å². The van der Waals surface area contributed by atoms with E-state index in [9.17, 15) is 0 Å². The third-order valence-corrected chi connectivity index (χ3v) is 12.6. The average molecular weight is 721 g/mol. The highest BCUT2D eigenvalue weighted by molar-refractivity contribution is 5.49. The van der Waals surface area contributed by atoms with Crippen LogP contribution in [-0.2, 0) is 0 Å². The van der Waals surface area contributed by atoms with Gasteiger partial charge < -0.3 is 0 Å². The van der Waals surface area contributed by atoms with Gasteiger partial charge in [0.25, 0.3) is 0 Å². The highest BCUT2D eigenvalue weighted by atomic mass is 14.6. The van der Waals surface area contributed by atoms with Crippen molar-refractivity contribution in [3.05, 3.63) is 287 Å². The summed E-state index contributed by atoms with van der Waals surface area (Å²) in [6.45, 7) is 0. The van der Waals surface area contributed by atoms with Crippen LogP contribution in [0.2, 0.25) is 0 Å². The zero-order valence-electron chi connectivity index (χ0n) is 31.7. The third kappa shape index (κ3) is 7.04. The smallest absolute Gasteiger partial charge is 0.00120 e. The van der Waals surface area contributed by atoms with Gasteiger partial charge in [-0.05, 0) is 91.9 Å². The Balaban J connectivity index is 1.50. The second kappa shape index (κ2) is 16.6. The van der Waals surface area contributed by atoms with Crippen LogP contribution < -0.4 is 0 Å². The van der Waals surface area contributed by atoms with E-state index in [-0.39, 0.29) is 47.3 Å². The molecule has 8 aromatic carbocycles. The number of benzene rings is 8. The summed E-state index contributed by atoms with van der Waals surface area (Å²) in [4.78, 5) is 0. The summed E-state index contributed by atoms with van der Waals surface area (Å²) < 4.78 is 0. The molecule has 0 unspecified atom stereocenters. The van der Waals surface area contributed by atoms with Crippen LogP contribution in [0, 0.1) is 0 Å². The van der Waals surface area contributed by atoms with Crippen LogP contribution >= 0.6 is 0 Å². The molecule has 8 aromatic rings. The monoisotopic (exact) mass is 720 g/mol. The van der Waals surface area contributed by atoms with E-state index in [0.717, 1.165) is 0 Å². The first kappa shape index (κ1) is 35.5. The van der Waals surface area contributed by atoms with Gasteiger partial charge in [0.15, 0.2) is 0 Å². The quantitative estimate of drug-likeness (QED) is 0.147. The maximum atomic E-state index is 2.41. The van der Waals surface area contributed by atoms with E-state index in [2.05, 4.69) is 243 Å². The first-order chi connectivity index (χ1) is 27.9. The van der Waals surface area contributed by atoms with Crippen LogP contribution in [0.25, 0.3) is 0 Å². The Bertz CT molecular complexity index is 1820. The molecule has 0 nitrogen and oxygen atoms in total. The van der Waals surface area contributed by atoms with Crippen molar-refractivity contribution in [1.82, 2.24) is 0 Å². The predicted molar refractivity (Wildman–Crippen MR) is 233 cm³/mol. The van der Waals surface area contributed by atoms with Gasteiger partial charge in [-0.1, -0.05) is 243 Å². The minimum absolute atomic E-state index is 0.116. The molecule has 0 radical (unpaired) electrons. The summed E-state index contributed by atoms with van der Waals surface area (Å²) in [6.07, 6.45) is 0. The third-order valence-electron chi connectivity index (χ3n) is 12.6. The Kier molecular flexibility index (Phi) is 10.5. The fraction of sp³-hybridized carbons (Fsp3) is 0.143. The Morgan fingerprint density at radius 2 is 0.214 bits per heavy atom. The van der Waals surface area contributed by atoms with Gasteiger partial charge in [0, 0.05) is 0 Å². The topological polar surface area (TPSA) is 0 Å². The van der Waals surface area contributed by atoms with Crippen LogP contribution in [0.3, 0.4) is 0 Å². The molecular weight excluding hydrogens is 673 g/mol. The molecule has 1 aliphatic rings. The van der Waals surface area contributed by atoms with Crippen LogP contribution in [0.1, 0.15) is 91.9 Å².